The molecule has 1 fully saturated rings. The molecule has 2 rings (SSSR count). The van der Waals surface area contributed by atoms with Crippen molar-refractivity contribution in [1.82, 2.24) is 9.62 Å². The summed E-state index contributed by atoms with van der Waals surface area (Å²) in [6.45, 7) is 2.39. The van der Waals surface area contributed by atoms with Crippen LogP contribution in [0.4, 0.5) is 0 Å². The summed E-state index contributed by atoms with van der Waals surface area (Å²) in [7, 11) is -2.36. The Hall–Kier alpha value is -1.31. The molecule has 1 aromatic rings. The van der Waals surface area contributed by atoms with Gasteiger partial charge in [-0.1, -0.05) is 11.6 Å². The van der Waals surface area contributed by atoms with Gasteiger partial charge in [-0.05, 0) is 24.6 Å². The second kappa shape index (κ2) is 6.21. The number of sulfonamides is 1. The van der Waals surface area contributed by atoms with E-state index in [0.29, 0.717) is 24.5 Å². The van der Waals surface area contributed by atoms with Crippen LogP contribution in [0, 0.1) is 0 Å². The van der Waals surface area contributed by atoms with E-state index in [9.17, 15) is 13.2 Å². The number of hydrogen-bond acceptors (Lipinski definition) is 4. The number of rotatable bonds is 4. The molecule has 1 aromatic carbocycles. The van der Waals surface area contributed by atoms with Gasteiger partial charge in [-0.2, -0.15) is 0 Å². The lowest BCUT2D eigenvalue weighted by Crippen LogP contribution is -2.38. The first-order chi connectivity index (χ1) is 9.83. The van der Waals surface area contributed by atoms with Gasteiger partial charge >= 0.3 is 0 Å². The minimum absolute atomic E-state index is 0.00113. The highest BCUT2D eigenvalue weighted by molar-refractivity contribution is 7.89. The van der Waals surface area contributed by atoms with Crippen molar-refractivity contribution in [1.29, 1.82) is 0 Å². The lowest BCUT2D eigenvalue weighted by atomic mass is 10.3. The van der Waals surface area contributed by atoms with E-state index >= 15 is 0 Å². The van der Waals surface area contributed by atoms with Crippen LogP contribution in [0.2, 0.25) is 5.02 Å². The van der Waals surface area contributed by atoms with Crippen LogP contribution < -0.4 is 9.46 Å². The van der Waals surface area contributed by atoms with Crippen molar-refractivity contribution in [3.8, 4) is 5.75 Å². The molecule has 0 aliphatic carbocycles. The summed E-state index contributed by atoms with van der Waals surface area (Å²) < 4.78 is 32.6. The predicted octanol–water partition coefficient (Wildman–Crippen LogP) is 1.25. The van der Waals surface area contributed by atoms with E-state index < -0.39 is 10.0 Å². The van der Waals surface area contributed by atoms with Crippen LogP contribution in [0.15, 0.2) is 23.1 Å². The topological polar surface area (TPSA) is 75.7 Å². The number of carbonyl (C=O) groups is 1. The smallest absolute Gasteiger partial charge is 0.244 e. The van der Waals surface area contributed by atoms with E-state index in [1.165, 1.54) is 26.2 Å². The lowest BCUT2D eigenvalue weighted by molar-refractivity contribution is -0.127. The zero-order valence-electron chi connectivity index (χ0n) is 11.8. The Labute approximate surface area is 129 Å². The van der Waals surface area contributed by atoms with Gasteiger partial charge in [0.05, 0.1) is 7.11 Å². The molecule has 1 aliphatic heterocycles. The molecule has 116 valence electrons. The number of methoxy groups -OCH3 is 1. The summed E-state index contributed by atoms with van der Waals surface area (Å²) in [5, 5.41) is 0.313. The summed E-state index contributed by atoms with van der Waals surface area (Å²) >= 11 is 5.86. The molecular weight excluding hydrogens is 316 g/mol. The van der Waals surface area contributed by atoms with E-state index in [1.54, 1.807) is 11.0 Å². The average molecular weight is 333 g/mol. The Kier molecular flexibility index (Phi) is 4.75. The van der Waals surface area contributed by atoms with Crippen LogP contribution in [-0.2, 0) is 14.8 Å². The number of benzene rings is 1. The fourth-order valence-corrected chi connectivity index (χ4v) is 3.98. The minimum Gasteiger partial charge on any atom is -0.495 e. The van der Waals surface area contributed by atoms with Crippen molar-refractivity contribution in [3.63, 3.8) is 0 Å². The molecule has 0 spiro atoms. The molecule has 1 aliphatic rings. The number of likely N-dealkylation sites (tertiary alicyclic amines) is 1. The first kappa shape index (κ1) is 16.1. The Balaban J connectivity index is 2.20. The summed E-state index contributed by atoms with van der Waals surface area (Å²) in [6.07, 6.45) is 0.585. The second-order valence-corrected chi connectivity index (χ2v) is 6.99. The Bertz CT molecular complexity index is 648. The molecule has 0 bridgehead atoms. The maximum Gasteiger partial charge on any atom is 0.244 e. The monoisotopic (exact) mass is 332 g/mol. The van der Waals surface area contributed by atoms with Crippen LogP contribution >= 0.6 is 11.6 Å². The molecule has 1 unspecified atom stereocenters. The minimum atomic E-state index is -3.76. The zero-order chi connectivity index (χ0) is 15.6. The number of halogens is 1. The van der Waals surface area contributed by atoms with Crippen LogP contribution in [-0.4, -0.2) is 45.5 Å². The Morgan fingerprint density at radius 1 is 1.48 bits per heavy atom. The fraction of sp³-hybridized carbons (Fsp3) is 0.462. The average Bonchev–Trinajstić information content (AvgIpc) is 2.86. The third-order valence-corrected chi connectivity index (χ3v) is 5.15. The van der Waals surface area contributed by atoms with Crippen molar-refractivity contribution in [2.24, 2.45) is 0 Å². The molecule has 1 N–H and O–H groups in total. The Morgan fingerprint density at radius 2 is 2.19 bits per heavy atom. The van der Waals surface area contributed by atoms with Gasteiger partial charge in [-0.15, -0.1) is 0 Å². The molecule has 8 heteroatoms. The normalized spacial score (nSPS) is 18.8. The van der Waals surface area contributed by atoms with E-state index in [-0.39, 0.29) is 22.6 Å². The maximum absolute atomic E-state index is 12.4. The number of amides is 1. The molecule has 0 radical (unpaired) electrons. The van der Waals surface area contributed by atoms with Crippen molar-refractivity contribution < 1.29 is 17.9 Å². The molecule has 1 heterocycles. The third kappa shape index (κ3) is 3.66. The maximum atomic E-state index is 12.4. The van der Waals surface area contributed by atoms with Crippen molar-refractivity contribution in [3.05, 3.63) is 23.2 Å². The highest BCUT2D eigenvalue weighted by atomic mass is 35.5. The first-order valence-electron chi connectivity index (χ1n) is 6.45. The molecule has 0 saturated carbocycles. The van der Waals surface area contributed by atoms with Gasteiger partial charge in [-0.25, -0.2) is 13.1 Å². The third-order valence-electron chi connectivity index (χ3n) is 3.37. The van der Waals surface area contributed by atoms with Crippen LogP contribution in [0.5, 0.6) is 5.75 Å². The van der Waals surface area contributed by atoms with E-state index in [1.807, 2.05) is 0 Å². The van der Waals surface area contributed by atoms with Gasteiger partial charge in [0, 0.05) is 31.1 Å². The SMILES string of the molecule is COc1ccc(Cl)cc1S(=O)(=O)NC1CCN(C(C)=O)C1. The Morgan fingerprint density at radius 3 is 2.76 bits per heavy atom. The summed E-state index contributed by atoms with van der Waals surface area (Å²) in [4.78, 5) is 12.9. The highest BCUT2D eigenvalue weighted by Gasteiger charge is 2.29. The first-order valence-corrected chi connectivity index (χ1v) is 8.31. The highest BCUT2D eigenvalue weighted by Crippen LogP contribution is 2.27. The summed E-state index contributed by atoms with van der Waals surface area (Å²) in [5.74, 6) is 0.172. The van der Waals surface area contributed by atoms with Crippen LogP contribution in [0.3, 0.4) is 0 Å². The van der Waals surface area contributed by atoms with Crippen molar-refractivity contribution in [2.45, 2.75) is 24.3 Å². The van der Waals surface area contributed by atoms with Crippen LogP contribution in [0.1, 0.15) is 13.3 Å². The quantitative estimate of drug-likeness (QED) is 0.900. The molecule has 1 amide bonds. The van der Waals surface area contributed by atoms with Crippen molar-refractivity contribution in [2.75, 3.05) is 20.2 Å². The van der Waals surface area contributed by atoms with Gasteiger partial charge in [0.2, 0.25) is 15.9 Å². The van der Waals surface area contributed by atoms with Gasteiger partial charge in [-0.3, -0.25) is 4.79 Å². The molecular formula is C13H17ClN2O4S. The largest absolute Gasteiger partial charge is 0.495 e. The van der Waals surface area contributed by atoms with E-state index in [2.05, 4.69) is 4.72 Å². The van der Waals surface area contributed by atoms with Crippen LogP contribution in [0.25, 0.3) is 0 Å². The summed E-state index contributed by atoms with van der Waals surface area (Å²) in [5.41, 5.74) is 0. The van der Waals surface area contributed by atoms with Gasteiger partial charge in [0.1, 0.15) is 10.6 Å². The number of carbonyl (C=O) groups excluding carboxylic acids is 1. The molecule has 1 atom stereocenters. The molecule has 6 nitrogen and oxygen atoms in total. The molecule has 1 saturated heterocycles. The fourth-order valence-electron chi connectivity index (χ4n) is 2.29. The molecule has 0 aromatic heterocycles. The molecule has 21 heavy (non-hydrogen) atoms. The number of hydrogen-bond donors (Lipinski definition) is 1. The van der Waals surface area contributed by atoms with E-state index in [0.717, 1.165) is 0 Å². The standard InChI is InChI=1S/C13H17ClN2O4S/c1-9(17)16-6-5-11(8-16)15-21(18,19)13-7-10(14)3-4-12(13)20-2/h3-4,7,11,15H,5-6,8H2,1-2H3. The van der Waals surface area contributed by atoms with Crippen molar-refractivity contribution >= 4 is 27.5 Å². The second-order valence-electron chi connectivity index (χ2n) is 4.87. The lowest BCUT2D eigenvalue weighted by Gasteiger charge is -2.16. The number of ether oxygens (including phenoxy) is 1. The summed E-state index contributed by atoms with van der Waals surface area (Å²) in [6, 6.07) is 4.11. The predicted molar refractivity (Wildman–Crippen MR) is 79.0 cm³/mol. The number of nitrogens with zero attached hydrogens (tertiary/aromatic N) is 1. The van der Waals surface area contributed by atoms with E-state index in [4.69, 9.17) is 16.3 Å². The van der Waals surface area contributed by atoms with Gasteiger partial charge in [0.15, 0.2) is 0 Å². The number of nitrogens with one attached hydrogen (secondary N) is 1. The van der Waals surface area contributed by atoms with Gasteiger partial charge in [0.25, 0.3) is 0 Å². The zero-order valence-corrected chi connectivity index (χ0v) is 13.4. The van der Waals surface area contributed by atoms with Gasteiger partial charge < -0.3 is 9.64 Å².